The minimum Gasteiger partial charge on any atom is -0.494 e. The Bertz CT molecular complexity index is 1140. The number of hydrogen-bond acceptors (Lipinski definition) is 6. The maximum absolute atomic E-state index is 12.8. The molecule has 0 radical (unpaired) electrons. The molecule has 28 heavy (non-hydrogen) atoms. The van der Waals surface area contributed by atoms with E-state index >= 15 is 0 Å². The van der Waals surface area contributed by atoms with Crippen molar-refractivity contribution in [2.75, 3.05) is 12.4 Å². The van der Waals surface area contributed by atoms with Gasteiger partial charge >= 0.3 is 0 Å². The minimum absolute atomic E-state index is 0.337. The van der Waals surface area contributed by atoms with E-state index in [1.54, 1.807) is 30.3 Å². The van der Waals surface area contributed by atoms with Crippen LogP contribution >= 0.6 is 0 Å². The number of carbonyl (C=O) groups excluding carboxylic acids is 1. The number of rotatable bonds is 5. The fraction of sp³-hybridized carbons (Fsp3) is 0.118. The second-order valence-electron chi connectivity index (χ2n) is 5.75. The van der Waals surface area contributed by atoms with Crippen molar-refractivity contribution in [2.45, 2.75) is 6.43 Å². The molecule has 0 aliphatic carbocycles. The highest BCUT2D eigenvalue weighted by atomic mass is 19.3. The van der Waals surface area contributed by atoms with E-state index in [-0.39, 0.29) is 0 Å². The number of nitrogens with one attached hydrogen (secondary N) is 2. The van der Waals surface area contributed by atoms with Gasteiger partial charge in [0.15, 0.2) is 5.82 Å². The maximum atomic E-state index is 12.8. The van der Waals surface area contributed by atoms with Crippen LogP contribution in [0.15, 0.2) is 42.7 Å². The first-order chi connectivity index (χ1) is 13.5. The van der Waals surface area contributed by atoms with Gasteiger partial charge < -0.3 is 15.0 Å². The number of benzene rings is 2. The third kappa shape index (κ3) is 3.24. The van der Waals surface area contributed by atoms with Crippen LogP contribution in [0.4, 0.5) is 14.5 Å². The Morgan fingerprint density at radius 1 is 1.25 bits per heavy atom. The van der Waals surface area contributed by atoms with Crippen molar-refractivity contribution in [3.63, 3.8) is 0 Å². The number of nitrogens with zero attached hydrogens (tertiary/aromatic N) is 5. The lowest BCUT2D eigenvalue weighted by molar-refractivity contribution is 0.102. The number of halogens is 2. The summed E-state index contributed by atoms with van der Waals surface area (Å²) in [7, 11) is 1.50. The van der Waals surface area contributed by atoms with Gasteiger partial charge in [0, 0.05) is 11.3 Å². The third-order valence-corrected chi connectivity index (χ3v) is 4.00. The lowest BCUT2D eigenvalue weighted by Gasteiger charge is -2.10. The van der Waals surface area contributed by atoms with Crippen molar-refractivity contribution < 1.29 is 18.3 Å². The molecule has 0 aliphatic rings. The number of amides is 1. The smallest absolute Gasteiger partial charge is 0.295 e. The summed E-state index contributed by atoms with van der Waals surface area (Å²) in [5.74, 6) is -0.327. The summed E-state index contributed by atoms with van der Waals surface area (Å²) in [6.45, 7) is 0. The van der Waals surface area contributed by atoms with Gasteiger partial charge in [-0.15, -0.1) is 5.10 Å². The van der Waals surface area contributed by atoms with Crippen molar-refractivity contribution in [3.8, 4) is 11.4 Å². The molecule has 11 heteroatoms. The van der Waals surface area contributed by atoms with E-state index in [9.17, 15) is 13.6 Å². The first kappa shape index (κ1) is 17.5. The second-order valence-corrected chi connectivity index (χ2v) is 5.75. The zero-order valence-electron chi connectivity index (χ0n) is 14.4. The number of aromatic nitrogens is 6. The molecule has 2 heterocycles. The van der Waals surface area contributed by atoms with Crippen LogP contribution in [0.2, 0.25) is 0 Å². The Labute approximate surface area is 156 Å². The highest BCUT2D eigenvalue weighted by Crippen LogP contribution is 2.25. The van der Waals surface area contributed by atoms with Gasteiger partial charge in [-0.1, -0.05) is 0 Å². The van der Waals surface area contributed by atoms with E-state index in [2.05, 4.69) is 30.8 Å². The summed E-state index contributed by atoms with van der Waals surface area (Å²) >= 11 is 0. The number of hydrogen-bond donors (Lipinski definition) is 2. The molecule has 0 bridgehead atoms. The predicted octanol–water partition coefficient (Wildman–Crippen LogP) is 2.74. The molecule has 142 valence electrons. The average Bonchev–Trinajstić information content (AvgIpc) is 3.37. The van der Waals surface area contributed by atoms with E-state index in [1.807, 2.05) is 0 Å². The first-order valence-electron chi connectivity index (χ1n) is 8.05. The van der Waals surface area contributed by atoms with Gasteiger partial charge in [-0.25, -0.2) is 13.8 Å². The molecule has 2 aromatic heterocycles. The summed E-state index contributed by atoms with van der Waals surface area (Å²) < 4.78 is 32.2. The van der Waals surface area contributed by atoms with Crippen molar-refractivity contribution >= 4 is 22.6 Å². The number of methoxy groups -OCH3 is 1. The second kappa shape index (κ2) is 7.02. The Kier molecular flexibility index (Phi) is 4.39. The Balaban J connectivity index is 1.61. The van der Waals surface area contributed by atoms with Crippen LogP contribution in [0.3, 0.4) is 0 Å². The Morgan fingerprint density at radius 3 is 2.82 bits per heavy atom. The lowest BCUT2D eigenvalue weighted by atomic mass is 10.1. The standard InChI is InChI=1S/C17H13F2N7O2/c1-28-14-5-2-9(6-13(14)26-8-20-24-25-26)17(27)21-10-3-4-11-12(7-10)23-16(22-11)15(18)19/h2-8,15H,1H3,(H,21,27)(H,22,23). The molecule has 0 saturated carbocycles. The summed E-state index contributed by atoms with van der Waals surface area (Å²) in [6.07, 6.45) is -1.32. The monoisotopic (exact) mass is 385 g/mol. The number of ether oxygens (including phenoxy) is 1. The predicted molar refractivity (Wildman–Crippen MR) is 94.7 cm³/mol. The molecule has 0 spiro atoms. The number of tetrazole rings is 1. The van der Waals surface area contributed by atoms with Gasteiger partial charge in [-0.05, 0) is 46.8 Å². The van der Waals surface area contributed by atoms with Crippen molar-refractivity contribution in [1.29, 1.82) is 0 Å². The number of carbonyl (C=O) groups is 1. The summed E-state index contributed by atoms with van der Waals surface area (Å²) in [6, 6.07) is 9.46. The van der Waals surface area contributed by atoms with E-state index < -0.39 is 18.2 Å². The number of imidazole rings is 1. The van der Waals surface area contributed by atoms with E-state index in [0.29, 0.717) is 33.7 Å². The van der Waals surface area contributed by atoms with Crippen LogP contribution < -0.4 is 10.1 Å². The quantitative estimate of drug-likeness (QED) is 0.547. The van der Waals surface area contributed by atoms with E-state index in [0.717, 1.165) is 0 Å². The molecule has 0 atom stereocenters. The molecule has 0 saturated heterocycles. The molecule has 2 aromatic carbocycles. The molecule has 4 rings (SSSR count). The van der Waals surface area contributed by atoms with Crippen molar-refractivity contribution in [2.24, 2.45) is 0 Å². The SMILES string of the molecule is COc1ccc(C(=O)Nc2ccc3nc(C(F)F)[nH]c3c2)cc1-n1cnnn1. The minimum atomic E-state index is -2.70. The normalized spacial score (nSPS) is 11.1. The molecular weight excluding hydrogens is 372 g/mol. The van der Waals surface area contributed by atoms with Crippen LogP contribution in [-0.2, 0) is 0 Å². The van der Waals surface area contributed by atoms with E-state index in [1.165, 1.54) is 24.2 Å². The molecule has 0 aliphatic heterocycles. The molecule has 0 fully saturated rings. The van der Waals surface area contributed by atoms with Gasteiger partial charge in [-0.2, -0.15) is 4.68 Å². The maximum Gasteiger partial charge on any atom is 0.295 e. The third-order valence-electron chi connectivity index (χ3n) is 4.00. The van der Waals surface area contributed by atoms with Crippen LogP contribution in [0.1, 0.15) is 22.6 Å². The van der Waals surface area contributed by atoms with Crippen LogP contribution in [-0.4, -0.2) is 43.2 Å². The average molecular weight is 385 g/mol. The Hall–Kier alpha value is -3.89. The Morgan fingerprint density at radius 2 is 2.11 bits per heavy atom. The summed E-state index contributed by atoms with van der Waals surface area (Å²) in [5.41, 5.74) is 2.05. The summed E-state index contributed by atoms with van der Waals surface area (Å²) in [4.78, 5) is 19.0. The molecule has 2 N–H and O–H groups in total. The van der Waals surface area contributed by atoms with Crippen LogP contribution in [0.5, 0.6) is 5.75 Å². The number of alkyl halides is 2. The summed E-state index contributed by atoms with van der Waals surface area (Å²) in [5, 5.41) is 13.7. The van der Waals surface area contributed by atoms with Gasteiger partial charge in [0.05, 0.1) is 18.1 Å². The highest BCUT2D eigenvalue weighted by Gasteiger charge is 2.15. The van der Waals surface area contributed by atoms with Crippen LogP contribution in [0.25, 0.3) is 16.7 Å². The van der Waals surface area contributed by atoms with Gasteiger partial charge in [0.2, 0.25) is 0 Å². The van der Waals surface area contributed by atoms with Crippen molar-refractivity contribution in [3.05, 3.63) is 54.1 Å². The number of fused-ring (bicyclic) bond motifs is 1. The van der Waals surface area contributed by atoms with Gasteiger partial charge in [0.25, 0.3) is 12.3 Å². The highest BCUT2D eigenvalue weighted by molar-refractivity contribution is 6.05. The van der Waals surface area contributed by atoms with Gasteiger partial charge in [-0.3, -0.25) is 4.79 Å². The van der Waals surface area contributed by atoms with E-state index in [4.69, 9.17) is 4.74 Å². The topological polar surface area (TPSA) is 111 Å². The molecule has 4 aromatic rings. The fourth-order valence-corrected chi connectivity index (χ4v) is 2.70. The van der Waals surface area contributed by atoms with Crippen molar-refractivity contribution in [1.82, 2.24) is 30.2 Å². The zero-order valence-corrected chi connectivity index (χ0v) is 14.4. The molecule has 0 unspecified atom stereocenters. The molecular formula is C17H13F2N7O2. The number of anilines is 1. The van der Waals surface area contributed by atoms with Gasteiger partial charge in [0.1, 0.15) is 17.8 Å². The van der Waals surface area contributed by atoms with Crippen LogP contribution in [0, 0.1) is 0 Å². The zero-order chi connectivity index (χ0) is 19.7. The largest absolute Gasteiger partial charge is 0.494 e. The number of aromatic amines is 1. The molecule has 1 amide bonds. The molecule has 9 nitrogen and oxygen atoms in total. The lowest BCUT2D eigenvalue weighted by Crippen LogP contribution is -2.13. The first-order valence-corrected chi connectivity index (χ1v) is 8.05. The number of H-pyrrole nitrogens is 1. The fourth-order valence-electron chi connectivity index (χ4n) is 2.70.